The number of hydrogen-bond donors (Lipinski definition) is 5. The predicted octanol–water partition coefficient (Wildman–Crippen LogP) is 28.6. The van der Waals surface area contributed by atoms with E-state index in [0.29, 0.717) is 37.0 Å². The smallest absolute Gasteiger partial charge is 0.129 e. The van der Waals surface area contributed by atoms with E-state index in [-0.39, 0.29) is 25.7 Å². The molecule has 0 radical (unpaired) electrons. The van der Waals surface area contributed by atoms with Crippen LogP contribution < -0.4 is 0 Å². The van der Waals surface area contributed by atoms with Crippen molar-refractivity contribution in [3.8, 4) is 0 Å². The Morgan fingerprint density at radius 3 is 0.576 bits per heavy atom. The lowest BCUT2D eigenvalue weighted by molar-refractivity contribution is -0.301. The summed E-state index contributed by atoms with van der Waals surface area (Å²) in [6, 6.07) is 0. The van der Waals surface area contributed by atoms with Crippen LogP contribution in [0.25, 0.3) is 0 Å². The lowest BCUT2D eigenvalue weighted by Crippen LogP contribution is -2.78. The summed E-state index contributed by atoms with van der Waals surface area (Å²) in [5.41, 5.74) is -8.19. The van der Waals surface area contributed by atoms with Gasteiger partial charge < -0.3 is 25.5 Å². The molecule has 92 heavy (non-hydrogen) atoms. The average Bonchev–Trinajstić information content (AvgIpc) is 0.715. The highest BCUT2D eigenvalue weighted by Crippen LogP contribution is 2.51. The topological polar surface area (TPSA) is 101 Å². The molecule has 6 heteroatoms. The first-order chi connectivity index (χ1) is 45.0. The van der Waals surface area contributed by atoms with Crippen molar-refractivity contribution in [3.05, 3.63) is 0 Å². The maximum absolute atomic E-state index is 14.3. The third-order valence-electron chi connectivity index (χ3n) is 22.2. The Balaban J connectivity index is 6.73. The molecule has 5 N–H and O–H groups in total. The van der Waals surface area contributed by atoms with Crippen LogP contribution in [0, 0.1) is 0 Å². The Hall–Kier alpha value is -0.110. The Morgan fingerprint density at radius 2 is 0.370 bits per heavy atom. The zero-order valence-electron chi connectivity index (χ0n) is 63.9. The molecule has 0 unspecified atom stereocenters. The van der Waals surface area contributed by atoms with Crippen LogP contribution in [0.1, 0.15) is 516 Å². The molecular formula is C86H172O5S. The summed E-state index contributed by atoms with van der Waals surface area (Å²) in [6.07, 6.45) is 87.4. The minimum absolute atomic E-state index is 0.137. The van der Waals surface area contributed by atoms with Crippen LogP contribution in [-0.2, 0) is 0 Å². The minimum Gasteiger partial charge on any atom is -0.393 e. The molecule has 0 amide bonds. The van der Waals surface area contributed by atoms with Crippen LogP contribution in [0.2, 0.25) is 0 Å². The number of unbranched alkanes of at least 4 members (excludes halogenated alkanes) is 65. The van der Waals surface area contributed by atoms with Gasteiger partial charge in [-0.2, -0.15) is 0 Å². The SMILES string of the molecule is CCCCCCCCCCCCCCCCC(=S)[C@@](O)(CCCCCCCCCCCCCCCC)[C@](O)(CCCCCCCCCCCCCCCC)[C@@](O)(CCCCCCCCCCCCCCCC)[C@](O)(CO)CCCCCCCCCCCCCCCC. The molecular weight excluding hydrogens is 1150 g/mol. The zero-order chi connectivity index (χ0) is 67.3. The number of thiocarbonyl (C=S) groups is 1. The third kappa shape index (κ3) is 49.4. The van der Waals surface area contributed by atoms with Crippen molar-refractivity contribution in [1.29, 1.82) is 0 Å². The Morgan fingerprint density at radius 1 is 0.207 bits per heavy atom. The fourth-order valence-electron chi connectivity index (χ4n) is 15.6. The molecule has 0 saturated carbocycles. The number of hydrogen-bond acceptors (Lipinski definition) is 6. The monoisotopic (exact) mass is 1320 g/mol. The predicted molar refractivity (Wildman–Crippen MR) is 414 cm³/mol. The van der Waals surface area contributed by atoms with Gasteiger partial charge in [-0.15, -0.1) is 0 Å². The van der Waals surface area contributed by atoms with Gasteiger partial charge in [-0.1, -0.05) is 490 Å². The maximum atomic E-state index is 14.3. The van der Waals surface area contributed by atoms with Gasteiger partial charge in [-0.25, -0.2) is 0 Å². The molecule has 0 aromatic carbocycles. The number of rotatable bonds is 80. The Labute approximate surface area is 584 Å². The molecule has 0 rings (SSSR count). The zero-order valence-corrected chi connectivity index (χ0v) is 64.7. The van der Waals surface area contributed by atoms with E-state index < -0.39 is 29.0 Å². The summed E-state index contributed by atoms with van der Waals surface area (Å²) in [5.74, 6) is 0. The largest absolute Gasteiger partial charge is 0.393 e. The average molecular weight is 1320 g/mol. The van der Waals surface area contributed by atoms with Crippen molar-refractivity contribution >= 4 is 17.1 Å². The van der Waals surface area contributed by atoms with Crippen LogP contribution in [0.5, 0.6) is 0 Å². The first-order valence-corrected chi connectivity index (χ1v) is 43.5. The molecule has 0 fully saturated rings. The van der Waals surface area contributed by atoms with E-state index >= 15 is 0 Å². The second-order valence-corrected chi connectivity index (χ2v) is 31.4. The van der Waals surface area contributed by atoms with Gasteiger partial charge >= 0.3 is 0 Å². The summed E-state index contributed by atoms with van der Waals surface area (Å²) in [5, 5.41) is 67.3. The van der Waals surface area contributed by atoms with Crippen LogP contribution >= 0.6 is 12.2 Å². The lowest BCUT2D eigenvalue weighted by Gasteiger charge is -2.58. The third-order valence-corrected chi connectivity index (χ3v) is 22.8. The molecule has 4 atom stereocenters. The van der Waals surface area contributed by atoms with Crippen LogP contribution in [0.3, 0.4) is 0 Å². The summed E-state index contributed by atoms with van der Waals surface area (Å²) >= 11 is 6.54. The maximum Gasteiger partial charge on any atom is 0.129 e. The van der Waals surface area contributed by atoms with Gasteiger partial charge in [0.15, 0.2) is 0 Å². The van der Waals surface area contributed by atoms with E-state index in [1.54, 1.807) is 0 Å². The molecule has 5 nitrogen and oxygen atoms in total. The molecule has 0 bridgehead atoms. The lowest BCUT2D eigenvalue weighted by atomic mass is 9.56. The van der Waals surface area contributed by atoms with E-state index in [1.807, 2.05) is 0 Å². The molecule has 552 valence electrons. The highest BCUT2D eigenvalue weighted by molar-refractivity contribution is 7.80. The molecule has 0 aliphatic rings. The molecule has 0 aliphatic carbocycles. The molecule has 0 heterocycles. The normalized spacial score (nSPS) is 14.6. The molecule has 0 aromatic heterocycles. The molecule has 0 aromatic rings. The molecule has 0 saturated heterocycles. The van der Waals surface area contributed by atoms with Gasteiger partial charge in [0, 0.05) is 4.86 Å². The highest BCUT2D eigenvalue weighted by atomic mass is 32.1. The number of aliphatic hydroxyl groups is 5. The first kappa shape index (κ1) is 91.9. The standard InChI is InChI=1S/C86H172O5S/c1-6-11-16-21-26-31-36-41-46-51-56-61-66-71-76-82(92)84(89,78-73-68-63-58-53-48-43-38-33-28-23-18-13-8-3)86(91,80-75-70-65-60-55-50-45-40-35-30-25-20-15-10-5)85(90,79-74-69-64-59-54-49-44-39-34-29-24-19-14-9-4)83(88,81-87)77-72-67-62-57-52-47-42-37-32-27-22-17-12-7-2/h87-91H,6-81H2,1-5H3/t83-,84+,85-,86-/m1/s1. The summed E-state index contributed by atoms with van der Waals surface area (Å²) in [4.78, 5) is 0.468. The fourth-order valence-corrected chi connectivity index (χ4v) is 16.0. The molecule has 0 aliphatic heterocycles. The second-order valence-electron chi connectivity index (χ2n) is 30.9. The van der Waals surface area contributed by atoms with Gasteiger partial charge in [0.25, 0.3) is 0 Å². The van der Waals surface area contributed by atoms with Gasteiger partial charge in [-0.3, -0.25) is 0 Å². The summed E-state index contributed by atoms with van der Waals surface area (Å²) in [6.45, 7) is 10.8. The van der Waals surface area contributed by atoms with Crippen molar-refractivity contribution in [2.24, 2.45) is 0 Å². The number of aliphatic hydroxyl groups excluding tert-OH is 1. The van der Waals surface area contributed by atoms with Gasteiger partial charge in [-0.05, 0) is 38.5 Å². The summed E-state index contributed by atoms with van der Waals surface area (Å²) in [7, 11) is 0. The van der Waals surface area contributed by atoms with Crippen molar-refractivity contribution in [2.45, 2.75) is 539 Å². The van der Waals surface area contributed by atoms with Gasteiger partial charge in [0.1, 0.15) is 22.4 Å². The van der Waals surface area contributed by atoms with Crippen molar-refractivity contribution in [1.82, 2.24) is 0 Å². The van der Waals surface area contributed by atoms with Crippen LogP contribution in [-0.4, -0.2) is 59.4 Å². The Bertz CT molecular complexity index is 1460. The van der Waals surface area contributed by atoms with Crippen LogP contribution in [0.15, 0.2) is 0 Å². The fraction of sp³-hybridized carbons (Fsp3) is 0.988. The Kier molecular flexibility index (Phi) is 69.3. The van der Waals surface area contributed by atoms with Gasteiger partial charge in [0.2, 0.25) is 0 Å². The summed E-state index contributed by atoms with van der Waals surface area (Å²) < 4.78 is 0. The highest BCUT2D eigenvalue weighted by Gasteiger charge is 2.68. The van der Waals surface area contributed by atoms with E-state index in [0.717, 1.165) is 89.9 Å². The second kappa shape index (κ2) is 69.4. The van der Waals surface area contributed by atoms with Crippen molar-refractivity contribution in [2.75, 3.05) is 6.61 Å². The van der Waals surface area contributed by atoms with E-state index in [9.17, 15) is 25.5 Å². The van der Waals surface area contributed by atoms with E-state index in [4.69, 9.17) is 12.2 Å². The van der Waals surface area contributed by atoms with E-state index in [2.05, 4.69) is 34.6 Å². The van der Waals surface area contributed by atoms with Crippen LogP contribution in [0.4, 0.5) is 0 Å². The molecule has 0 spiro atoms. The van der Waals surface area contributed by atoms with E-state index in [1.165, 1.54) is 334 Å². The minimum atomic E-state index is -2.16. The quantitative estimate of drug-likeness (QED) is 0.0307. The van der Waals surface area contributed by atoms with Crippen molar-refractivity contribution < 1.29 is 25.5 Å². The first-order valence-electron chi connectivity index (χ1n) is 43.1. The van der Waals surface area contributed by atoms with Gasteiger partial charge in [0.05, 0.1) is 6.61 Å². The van der Waals surface area contributed by atoms with Crippen molar-refractivity contribution in [3.63, 3.8) is 0 Å².